The number of nitrogen functional groups attached to an aromatic ring is 1. The Labute approximate surface area is 114 Å². The lowest BCUT2D eigenvalue weighted by molar-refractivity contribution is 1.38. The minimum absolute atomic E-state index is 0.868. The molecule has 0 radical (unpaired) electrons. The molecule has 16 heavy (non-hydrogen) atoms. The zero-order valence-electron chi connectivity index (χ0n) is 8.69. The summed E-state index contributed by atoms with van der Waals surface area (Å²) < 4.78 is 1.18. The number of thioether (sulfide) groups is 1. The Kier molecular flexibility index (Phi) is 4.12. The number of anilines is 1. The first-order chi connectivity index (χ1) is 7.75. The number of rotatable bonds is 3. The second-order valence-corrected chi connectivity index (χ2v) is 5.72. The smallest absolute Gasteiger partial charge is 0.0462 e. The van der Waals surface area contributed by atoms with E-state index in [1.807, 2.05) is 12.1 Å². The summed E-state index contributed by atoms with van der Waals surface area (Å²) in [4.78, 5) is 1.16. The monoisotopic (exact) mass is 341 g/mol. The molecule has 0 atom stereocenters. The first-order valence-electron chi connectivity index (χ1n) is 4.97. The van der Waals surface area contributed by atoms with Crippen LogP contribution in [0, 0.1) is 3.57 Å². The lowest BCUT2D eigenvalue weighted by Gasteiger charge is -2.05. The number of halogens is 1. The Morgan fingerprint density at radius 3 is 2.50 bits per heavy atom. The van der Waals surface area contributed by atoms with Gasteiger partial charge in [0.05, 0.1) is 0 Å². The van der Waals surface area contributed by atoms with E-state index >= 15 is 0 Å². The fourth-order valence-corrected chi connectivity index (χ4v) is 2.81. The van der Waals surface area contributed by atoms with E-state index in [1.165, 1.54) is 9.13 Å². The van der Waals surface area contributed by atoms with Gasteiger partial charge in [0.2, 0.25) is 0 Å². The summed E-state index contributed by atoms with van der Waals surface area (Å²) in [5.74, 6) is 0.964. The molecule has 0 fully saturated rings. The van der Waals surface area contributed by atoms with Crippen LogP contribution in [0.3, 0.4) is 0 Å². The van der Waals surface area contributed by atoms with E-state index < -0.39 is 0 Å². The highest BCUT2D eigenvalue weighted by atomic mass is 127. The summed E-state index contributed by atoms with van der Waals surface area (Å²) in [6.07, 6.45) is 0. The van der Waals surface area contributed by atoms with E-state index in [-0.39, 0.29) is 0 Å². The highest BCUT2D eigenvalue weighted by Gasteiger charge is 2.01. The maximum Gasteiger partial charge on any atom is 0.0462 e. The van der Waals surface area contributed by atoms with Gasteiger partial charge in [0.25, 0.3) is 0 Å². The van der Waals surface area contributed by atoms with Crippen molar-refractivity contribution in [3.05, 3.63) is 57.7 Å². The van der Waals surface area contributed by atoms with Crippen LogP contribution in [0.15, 0.2) is 53.4 Å². The summed E-state index contributed by atoms with van der Waals surface area (Å²) in [7, 11) is 0. The normalized spacial score (nSPS) is 10.3. The van der Waals surface area contributed by atoms with Crippen molar-refractivity contribution in [1.29, 1.82) is 0 Å². The van der Waals surface area contributed by atoms with Gasteiger partial charge in [-0.05, 0) is 46.4 Å². The van der Waals surface area contributed by atoms with Gasteiger partial charge in [0.15, 0.2) is 0 Å². The van der Waals surface area contributed by atoms with E-state index in [4.69, 9.17) is 5.73 Å². The van der Waals surface area contributed by atoms with Crippen molar-refractivity contribution >= 4 is 40.0 Å². The van der Waals surface area contributed by atoms with Gasteiger partial charge in [0.1, 0.15) is 0 Å². The Morgan fingerprint density at radius 2 is 1.81 bits per heavy atom. The minimum Gasteiger partial charge on any atom is -0.398 e. The summed E-state index contributed by atoms with van der Waals surface area (Å²) in [6.45, 7) is 0. The minimum atomic E-state index is 0.868. The summed E-state index contributed by atoms with van der Waals surface area (Å²) >= 11 is 4.05. The van der Waals surface area contributed by atoms with Gasteiger partial charge < -0.3 is 5.73 Å². The van der Waals surface area contributed by atoms with Crippen LogP contribution in [-0.4, -0.2) is 0 Å². The maximum atomic E-state index is 5.96. The number of nitrogens with two attached hydrogens (primary N) is 1. The molecule has 2 aromatic carbocycles. The molecule has 0 aliphatic carbocycles. The molecule has 0 aromatic heterocycles. The molecule has 0 saturated heterocycles. The van der Waals surface area contributed by atoms with E-state index in [0.29, 0.717) is 0 Å². The van der Waals surface area contributed by atoms with Crippen LogP contribution in [0.2, 0.25) is 0 Å². The van der Waals surface area contributed by atoms with Gasteiger partial charge in [-0.3, -0.25) is 0 Å². The standard InChI is InChI=1S/C13H12INS/c14-11-6-7-13(12(15)8-11)16-9-10-4-2-1-3-5-10/h1-8H,9,15H2. The summed E-state index contributed by atoms with van der Waals surface area (Å²) in [5.41, 5.74) is 8.15. The van der Waals surface area contributed by atoms with E-state index in [2.05, 4.69) is 59.0 Å². The highest BCUT2D eigenvalue weighted by Crippen LogP contribution is 2.29. The summed E-state index contributed by atoms with van der Waals surface area (Å²) in [5, 5.41) is 0. The van der Waals surface area contributed by atoms with Crippen molar-refractivity contribution in [1.82, 2.24) is 0 Å². The third-order valence-corrected chi connectivity index (χ3v) is 4.04. The number of hydrogen-bond donors (Lipinski definition) is 1. The molecule has 0 aliphatic rings. The Bertz CT molecular complexity index is 471. The third-order valence-electron chi connectivity index (χ3n) is 2.21. The van der Waals surface area contributed by atoms with Gasteiger partial charge in [-0.15, -0.1) is 11.8 Å². The zero-order valence-corrected chi connectivity index (χ0v) is 11.7. The molecule has 2 aromatic rings. The molecule has 2 N–H and O–H groups in total. The van der Waals surface area contributed by atoms with Crippen molar-refractivity contribution in [2.45, 2.75) is 10.6 Å². The Hall–Kier alpha value is -0.680. The predicted octanol–water partition coefficient (Wildman–Crippen LogP) is 4.17. The molecule has 0 unspecified atom stereocenters. The Morgan fingerprint density at radius 1 is 1.06 bits per heavy atom. The highest BCUT2D eigenvalue weighted by molar-refractivity contribution is 14.1. The lowest BCUT2D eigenvalue weighted by Crippen LogP contribution is -1.89. The van der Waals surface area contributed by atoms with Crippen LogP contribution >= 0.6 is 34.4 Å². The van der Waals surface area contributed by atoms with Gasteiger partial charge >= 0.3 is 0 Å². The molecule has 0 saturated carbocycles. The molecule has 0 heterocycles. The first-order valence-corrected chi connectivity index (χ1v) is 7.04. The van der Waals surface area contributed by atoms with Crippen molar-refractivity contribution in [2.75, 3.05) is 5.73 Å². The van der Waals surface area contributed by atoms with Crippen LogP contribution in [0.5, 0.6) is 0 Å². The number of hydrogen-bond acceptors (Lipinski definition) is 2. The second kappa shape index (κ2) is 5.59. The molecular formula is C13H12INS. The van der Waals surface area contributed by atoms with E-state index in [9.17, 15) is 0 Å². The fraction of sp³-hybridized carbons (Fsp3) is 0.0769. The molecule has 3 heteroatoms. The van der Waals surface area contributed by atoms with Crippen LogP contribution in [0.25, 0.3) is 0 Å². The SMILES string of the molecule is Nc1cc(I)ccc1SCc1ccccc1. The molecule has 82 valence electrons. The summed E-state index contributed by atoms with van der Waals surface area (Å²) in [6, 6.07) is 16.6. The fourth-order valence-electron chi connectivity index (χ4n) is 1.39. The van der Waals surface area contributed by atoms with Crippen molar-refractivity contribution in [2.24, 2.45) is 0 Å². The zero-order chi connectivity index (χ0) is 11.4. The van der Waals surface area contributed by atoms with Gasteiger partial charge in [-0.1, -0.05) is 30.3 Å². The average Bonchev–Trinajstić information content (AvgIpc) is 2.29. The van der Waals surface area contributed by atoms with Gasteiger partial charge in [0, 0.05) is 19.9 Å². The molecule has 0 amide bonds. The first kappa shape index (κ1) is 11.8. The van der Waals surface area contributed by atoms with E-state index in [0.717, 1.165) is 16.3 Å². The topological polar surface area (TPSA) is 26.0 Å². The van der Waals surface area contributed by atoms with Gasteiger partial charge in [-0.25, -0.2) is 0 Å². The maximum absolute atomic E-state index is 5.96. The van der Waals surface area contributed by atoms with E-state index in [1.54, 1.807) is 11.8 Å². The molecule has 0 aliphatic heterocycles. The van der Waals surface area contributed by atoms with Crippen LogP contribution in [0.1, 0.15) is 5.56 Å². The number of benzene rings is 2. The van der Waals surface area contributed by atoms with Crippen molar-refractivity contribution < 1.29 is 0 Å². The lowest BCUT2D eigenvalue weighted by atomic mass is 10.2. The van der Waals surface area contributed by atoms with Crippen molar-refractivity contribution in [3.8, 4) is 0 Å². The molecule has 1 nitrogen and oxygen atoms in total. The molecule has 0 spiro atoms. The largest absolute Gasteiger partial charge is 0.398 e. The average molecular weight is 341 g/mol. The quantitative estimate of drug-likeness (QED) is 0.515. The predicted molar refractivity (Wildman–Crippen MR) is 79.6 cm³/mol. The van der Waals surface area contributed by atoms with Crippen LogP contribution in [-0.2, 0) is 5.75 Å². The molecule has 0 bridgehead atoms. The van der Waals surface area contributed by atoms with Crippen LogP contribution in [0.4, 0.5) is 5.69 Å². The molecular weight excluding hydrogens is 329 g/mol. The van der Waals surface area contributed by atoms with Crippen LogP contribution < -0.4 is 5.73 Å². The molecule has 2 rings (SSSR count). The van der Waals surface area contributed by atoms with Crippen molar-refractivity contribution in [3.63, 3.8) is 0 Å². The third kappa shape index (κ3) is 3.15. The van der Waals surface area contributed by atoms with Gasteiger partial charge in [-0.2, -0.15) is 0 Å². The Balaban J connectivity index is 2.05. The second-order valence-electron chi connectivity index (χ2n) is 3.46.